The third kappa shape index (κ3) is 4.14. The van der Waals surface area contributed by atoms with E-state index < -0.39 is 41.1 Å². The first kappa shape index (κ1) is 25.6. The summed E-state index contributed by atoms with van der Waals surface area (Å²) in [4.78, 5) is 42.6. The van der Waals surface area contributed by atoms with Crippen LogP contribution in [0.15, 0.2) is 30.3 Å². The van der Waals surface area contributed by atoms with E-state index in [2.05, 4.69) is 5.32 Å². The second-order valence-electron chi connectivity index (χ2n) is 10.5. The molecule has 1 aromatic carbocycles. The first-order chi connectivity index (χ1) is 16.7. The number of hydrogen-bond acceptors (Lipinski definition) is 6. The standard InChI is InChI=1S/C27H38N2O6/c1-5-26-12-13-27(35-26)20(21(26)25(33)34-6-2)24(32)29(19(16-30)14-17(3)4)22(27)23(31)28-15-18-10-8-7-9-11-18/h7-11,17,19-22,30H,5-6,12-16H2,1-4H3,(H,28,31)/t19-,20+,21+,22?,26-,27?/m1/s1. The summed E-state index contributed by atoms with van der Waals surface area (Å²) in [6.07, 6.45) is 2.18. The molecular weight excluding hydrogens is 448 g/mol. The Hall–Kier alpha value is -2.45. The highest BCUT2D eigenvalue weighted by molar-refractivity contribution is 5.98. The average molecular weight is 487 g/mol. The molecule has 3 saturated heterocycles. The zero-order valence-corrected chi connectivity index (χ0v) is 21.2. The number of nitrogens with one attached hydrogen (secondary N) is 1. The lowest BCUT2D eigenvalue weighted by atomic mass is 9.65. The number of aliphatic hydroxyl groups excluding tert-OH is 1. The van der Waals surface area contributed by atoms with Gasteiger partial charge in [0.15, 0.2) is 0 Å². The average Bonchev–Trinajstić information content (AvgIpc) is 3.45. The van der Waals surface area contributed by atoms with Crippen molar-refractivity contribution in [3.8, 4) is 0 Å². The van der Waals surface area contributed by atoms with Crippen LogP contribution in [-0.4, -0.2) is 64.3 Å². The number of benzene rings is 1. The van der Waals surface area contributed by atoms with Crippen LogP contribution < -0.4 is 5.32 Å². The SMILES string of the molecule is CCOC(=O)[C@@H]1[C@H]2C(=O)N([C@@H](CO)CC(C)C)C(C(=O)NCc3ccccc3)C23CC[C@@]1(CC)O3. The number of amides is 2. The molecule has 8 heteroatoms. The third-order valence-electron chi connectivity index (χ3n) is 8.06. The summed E-state index contributed by atoms with van der Waals surface area (Å²) in [5.74, 6) is -2.42. The van der Waals surface area contributed by atoms with Crippen LogP contribution in [0.3, 0.4) is 0 Å². The number of ether oxygens (including phenoxy) is 2. The first-order valence-corrected chi connectivity index (χ1v) is 12.9. The molecule has 3 fully saturated rings. The minimum absolute atomic E-state index is 0.200. The summed E-state index contributed by atoms with van der Waals surface area (Å²) < 4.78 is 12.1. The monoisotopic (exact) mass is 486 g/mol. The van der Waals surface area contributed by atoms with Crippen molar-refractivity contribution in [3.63, 3.8) is 0 Å². The van der Waals surface area contributed by atoms with Gasteiger partial charge in [-0.25, -0.2) is 0 Å². The highest BCUT2D eigenvalue weighted by atomic mass is 16.6. The van der Waals surface area contributed by atoms with E-state index in [9.17, 15) is 19.5 Å². The summed E-state index contributed by atoms with van der Waals surface area (Å²) in [6, 6.07) is 8.11. The molecule has 2 unspecified atom stereocenters. The van der Waals surface area contributed by atoms with Crippen LogP contribution in [0.25, 0.3) is 0 Å². The minimum atomic E-state index is -1.12. The Morgan fingerprint density at radius 3 is 2.54 bits per heavy atom. The van der Waals surface area contributed by atoms with Crippen molar-refractivity contribution in [1.29, 1.82) is 0 Å². The normalized spacial score (nSPS) is 32.1. The fourth-order valence-corrected chi connectivity index (χ4v) is 6.64. The maximum atomic E-state index is 14.1. The maximum absolute atomic E-state index is 14.1. The number of fused-ring (bicyclic) bond motifs is 1. The minimum Gasteiger partial charge on any atom is -0.466 e. The quantitative estimate of drug-likeness (QED) is 0.492. The molecule has 2 bridgehead atoms. The van der Waals surface area contributed by atoms with E-state index in [1.807, 2.05) is 51.1 Å². The van der Waals surface area contributed by atoms with Crippen molar-refractivity contribution in [2.45, 2.75) is 83.2 Å². The number of aliphatic hydroxyl groups is 1. The van der Waals surface area contributed by atoms with Gasteiger partial charge in [0.05, 0.1) is 30.8 Å². The molecule has 8 nitrogen and oxygen atoms in total. The van der Waals surface area contributed by atoms with Crippen LogP contribution in [0.4, 0.5) is 0 Å². The fraction of sp³-hybridized carbons (Fsp3) is 0.667. The molecule has 1 spiro atoms. The molecule has 3 aliphatic heterocycles. The summed E-state index contributed by atoms with van der Waals surface area (Å²) in [5.41, 5.74) is -0.989. The first-order valence-electron chi connectivity index (χ1n) is 12.9. The number of esters is 1. The van der Waals surface area contributed by atoms with Gasteiger partial charge in [0, 0.05) is 6.54 Å². The Morgan fingerprint density at radius 1 is 1.23 bits per heavy atom. The van der Waals surface area contributed by atoms with Crippen molar-refractivity contribution in [2.24, 2.45) is 17.8 Å². The smallest absolute Gasteiger partial charge is 0.312 e. The molecule has 0 aromatic heterocycles. The Labute approximate surface area is 207 Å². The van der Waals surface area contributed by atoms with E-state index in [1.54, 1.807) is 6.92 Å². The van der Waals surface area contributed by atoms with Crippen molar-refractivity contribution in [2.75, 3.05) is 13.2 Å². The van der Waals surface area contributed by atoms with E-state index in [-0.39, 0.29) is 30.9 Å². The molecule has 2 amide bonds. The zero-order chi connectivity index (χ0) is 25.4. The predicted molar refractivity (Wildman–Crippen MR) is 129 cm³/mol. The number of rotatable bonds is 10. The molecule has 1 aromatic rings. The van der Waals surface area contributed by atoms with Crippen molar-refractivity contribution in [3.05, 3.63) is 35.9 Å². The van der Waals surface area contributed by atoms with Gasteiger partial charge >= 0.3 is 5.97 Å². The van der Waals surface area contributed by atoms with E-state index in [1.165, 1.54) is 4.90 Å². The maximum Gasteiger partial charge on any atom is 0.312 e. The van der Waals surface area contributed by atoms with Crippen LogP contribution >= 0.6 is 0 Å². The van der Waals surface area contributed by atoms with Crippen molar-refractivity contribution >= 4 is 17.8 Å². The van der Waals surface area contributed by atoms with Crippen LogP contribution in [0, 0.1) is 17.8 Å². The van der Waals surface area contributed by atoms with E-state index in [0.717, 1.165) is 5.56 Å². The Morgan fingerprint density at radius 2 is 1.94 bits per heavy atom. The summed E-state index contributed by atoms with van der Waals surface area (Å²) in [5, 5.41) is 13.3. The Bertz CT molecular complexity index is 952. The number of hydrogen-bond donors (Lipinski definition) is 2. The second kappa shape index (κ2) is 9.90. The van der Waals surface area contributed by atoms with Gasteiger partial charge in [-0.05, 0) is 44.1 Å². The van der Waals surface area contributed by atoms with Gasteiger partial charge in [-0.15, -0.1) is 0 Å². The summed E-state index contributed by atoms with van der Waals surface area (Å²) >= 11 is 0. The highest BCUT2D eigenvalue weighted by Gasteiger charge is 2.79. The molecule has 3 aliphatic rings. The molecule has 0 saturated carbocycles. The lowest BCUT2D eigenvalue weighted by molar-refractivity contribution is -0.162. The lowest BCUT2D eigenvalue weighted by Gasteiger charge is -2.37. The van der Waals surface area contributed by atoms with Gasteiger partial charge in [-0.3, -0.25) is 14.4 Å². The Kier molecular flexibility index (Phi) is 7.25. The molecule has 2 N–H and O–H groups in total. The second-order valence-corrected chi connectivity index (χ2v) is 10.5. The third-order valence-corrected chi connectivity index (χ3v) is 8.06. The van der Waals surface area contributed by atoms with Gasteiger partial charge in [0.2, 0.25) is 11.8 Å². The van der Waals surface area contributed by atoms with Gasteiger partial charge in [0.1, 0.15) is 17.6 Å². The van der Waals surface area contributed by atoms with E-state index in [0.29, 0.717) is 32.2 Å². The fourth-order valence-electron chi connectivity index (χ4n) is 6.64. The largest absolute Gasteiger partial charge is 0.466 e. The highest BCUT2D eigenvalue weighted by Crippen LogP contribution is 2.64. The van der Waals surface area contributed by atoms with Crippen LogP contribution in [-0.2, 0) is 30.4 Å². The summed E-state index contributed by atoms with van der Waals surface area (Å²) in [7, 11) is 0. The van der Waals surface area contributed by atoms with Crippen LogP contribution in [0.5, 0.6) is 0 Å². The van der Waals surface area contributed by atoms with Gasteiger partial charge in [-0.2, -0.15) is 0 Å². The molecule has 192 valence electrons. The number of nitrogens with zero attached hydrogens (tertiary/aromatic N) is 1. The van der Waals surface area contributed by atoms with E-state index >= 15 is 0 Å². The topological polar surface area (TPSA) is 105 Å². The van der Waals surface area contributed by atoms with Crippen molar-refractivity contribution < 1.29 is 29.0 Å². The predicted octanol–water partition coefficient (Wildman–Crippen LogP) is 2.43. The molecule has 6 atom stereocenters. The molecule has 0 aliphatic carbocycles. The van der Waals surface area contributed by atoms with Gasteiger partial charge in [0.25, 0.3) is 0 Å². The number of carbonyl (C=O) groups excluding carboxylic acids is 3. The summed E-state index contributed by atoms with van der Waals surface area (Å²) in [6.45, 7) is 7.98. The van der Waals surface area contributed by atoms with E-state index in [4.69, 9.17) is 9.47 Å². The number of carbonyl (C=O) groups is 3. The lowest BCUT2D eigenvalue weighted by Crippen LogP contribution is -2.58. The molecule has 35 heavy (non-hydrogen) atoms. The molecular formula is C27H38N2O6. The van der Waals surface area contributed by atoms with Crippen LogP contribution in [0.1, 0.15) is 58.9 Å². The molecule has 3 heterocycles. The van der Waals surface area contributed by atoms with Crippen molar-refractivity contribution in [1.82, 2.24) is 10.2 Å². The van der Waals surface area contributed by atoms with Gasteiger partial charge in [-0.1, -0.05) is 51.1 Å². The molecule has 0 radical (unpaired) electrons. The number of likely N-dealkylation sites (tertiary alicyclic amines) is 1. The Balaban J connectivity index is 1.74. The zero-order valence-electron chi connectivity index (χ0n) is 21.2. The van der Waals surface area contributed by atoms with Crippen LogP contribution in [0.2, 0.25) is 0 Å². The van der Waals surface area contributed by atoms with Gasteiger partial charge < -0.3 is 24.8 Å². The molecule has 4 rings (SSSR count).